The summed E-state index contributed by atoms with van der Waals surface area (Å²) in [5.41, 5.74) is 5.53. The Kier molecular flexibility index (Phi) is 6.68. The lowest BCUT2D eigenvalue weighted by Gasteiger charge is -2.13. The number of hydrogen-bond donors (Lipinski definition) is 1. The van der Waals surface area contributed by atoms with Crippen LogP contribution in [0.2, 0.25) is 5.02 Å². The number of nitrogens with one attached hydrogen (secondary N) is 1. The fourth-order valence-corrected chi connectivity index (χ4v) is 3.95. The molecule has 0 fully saturated rings. The standard InChI is InChI=1S/C24H19ClN4O2S/c1-16-6-8-17(9-7-16)14-26-28-22(30)15-32-24-27-21-5-3-2-4-20(21)23(31)29(24)19-12-10-18(25)11-13-19/h2-14H,15H2,1H3,(H,28,30). The summed E-state index contributed by atoms with van der Waals surface area (Å²) in [6.07, 6.45) is 1.58. The molecule has 0 radical (unpaired) electrons. The van der Waals surface area contributed by atoms with Gasteiger partial charge in [0.2, 0.25) is 0 Å². The van der Waals surface area contributed by atoms with Gasteiger partial charge in [0.25, 0.3) is 11.5 Å². The molecule has 1 heterocycles. The van der Waals surface area contributed by atoms with E-state index in [-0.39, 0.29) is 17.2 Å². The predicted molar refractivity (Wildman–Crippen MR) is 130 cm³/mol. The molecule has 0 bridgehead atoms. The van der Waals surface area contributed by atoms with Gasteiger partial charge in [-0.1, -0.05) is 65.3 Å². The number of carbonyl (C=O) groups is 1. The second-order valence-corrected chi connectivity index (χ2v) is 8.40. The highest BCUT2D eigenvalue weighted by atomic mass is 35.5. The van der Waals surface area contributed by atoms with E-state index < -0.39 is 0 Å². The van der Waals surface area contributed by atoms with Crippen molar-refractivity contribution >= 4 is 46.4 Å². The van der Waals surface area contributed by atoms with Gasteiger partial charge in [-0.05, 0) is 48.9 Å². The molecule has 8 heteroatoms. The van der Waals surface area contributed by atoms with Crippen molar-refractivity contribution in [2.75, 3.05) is 5.75 Å². The summed E-state index contributed by atoms with van der Waals surface area (Å²) in [6, 6.07) is 21.8. The van der Waals surface area contributed by atoms with Crippen molar-refractivity contribution in [2.24, 2.45) is 5.10 Å². The first-order valence-corrected chi connectivity index (χ1v) is 11.2. The Morgan fingerprint density at radius 2 is 1.81 bits per heavy atom. The molecule has 4 aromatic rings. The molecule has 32 heavy (non-hydrogen) atoms. The lowest BCUT2D eigenvalue weighted by Crippen LogP contribution is -2.24. The fraction of sp³-hybridized carbons (Fsp3) is 0.0833. The zero-order chi connectivity index (χ0) is 22.5. The molecule has 0 unspecified atom stereocenters. The van der Waals surface area contributed by atoms with Gasteiger partial charge >= 0.3 is 0 Å². The largest absolute Gasteiger partial charge is 0.272 e. The lowest BCUT2D eigenvalue weighted by atomic mass is 10.2. The Morgan fingerprint density at radius 3 is 2.56 bits per heavy atom. The smallest absolute Gasteiger partial charge is 0.266 e. The van der Waals surface area contributed by atoms with Crippen LogP contribution in [0.15, 0.2) is 87.8 Å². The van der Waals surface area contributed by atoms with E-state index in [2.05, 4.69) is 15.5 Å². The number of aryl methyl sites for hydroxylation is 1. The number of hydrogen-bond acceptors (Lipinski definition) is 5. The van der Waals surface area contributed by atoms with Gasteiger partial charge in [0.15, 0.2) is 5.16 Å². The van der Waals surface area contributed by atoms with Crippen LogP contribution >= 0.6 is 23.4 Å². The van der Waals surface area contributed by atoms with E-state index in [1.807, 2.05) is 37.3 Å². The molecule has 0 atom stereocenters. The SMILES string of the molecule is Cc1ccc(C=NNC(=O)CSc2nc3ccccc3c(=O)n2-c2ccc(Cl)cc2)cc1. The maximum Gasteiger partial charge on any atom is 0.266 e. The van der Waals surface area contributed by atoms with Crippen molar-refractivity contribution in [1.82, 2.24) is 15.0 Å². The van der Waals surface area contributed by atoms with E-state index in [1.54, 1.807) is 48.7 Å². The Hall–Kier alpha value is -3.42. The maximum absolute atomic E-state index is 13.2. The highest BCUT2D eigenvalue weighted by Gasteiger charge is 2.14. The van der Waals surface area contributed by atoms with Crippen LogP contribution in [0.3, 0.4) is 0 Å². The third-order valence-electron chi connectivity index (χ3n) is 4.64. The van der Waals surface area contributed by atoms with Gasteiger partial charge in [0.05, 0.1) is 28.6 Å². The first kappa shape index (κ1) is 21.8. The van der Waals surface area contributed by atoms with Crippen molar-refractivity contribution < 1.29 is 4.79 Å². The van der Waals surface area contributed by atoms with E-state index in [4.69, 9.17) is 11.6 Å². The molecular formula is C24H19ClN4O2S. The number of nitrogens with zero attached hydrogens (tertiary/aromatic N) is 3. The summed E-state index contributed by atoms with van der Waals surface area (Å²) < 4.78 is 1.49. The molecule has 0 spiro atoms. The van der Waals surface area contributed by atoms with Crippen LogP contribution in [-0.4, -0.2) is 27.4 Å². The van der Waals surface area contributed by atoms with Crippen molar-refractivity contribution in [3.63, 3.8) is 0 Å². The third kappa shape index (κ3) is 5.07. The van der Waals surface area contributed by atoms with Crippen LogP contribution in [0.1, 0.15) is 11.1 Å². The monoisotopic (exact) mass is 462 g/mol. The van der Waals surface area contributed by atoms with Crippen LogP contribution < -0.4 is 11.0 Å². The normalized spacial score (nSPS) is 11.2. The number of hydrazone groups is 1. The molecule has 3 aromatic carbocycles. The molecule has 1 aromatic heterocycles. The molecule has 1 amide bonds. The fourth-order valence-electron chi connectivity index (χ4n) is 3.02. The lowest BCUT2D eigenvalue weighted by molar-refractivity contribution is -0.118. The number of carbonyl (C=O) groups excluding carboxylic acids is 1. The van der Waals surface area contributed by atoms with Gasteiger partial charge in [-0.25, -0.2) is 10.4 Å². The second kappa shape index (κ2) is 9.80. The molecule has 0 aliphatic rings. The minimum atomic E-state index is -0.302. The number of benzene rings is 3. The number of thioether (sulfide) groups is 1. The van der Waals surface area contributed by atoms with Gasteiger partial charge < -0.3 is 0 Å². The summed E-state index contributed by atoms with van der Waals surface area (Å²) in [6.45, 7) is 2.00. The summed E-state index contributed by atoms with van der Waals surface area (Å²) in [4.78, 5) is 30.1. The van der Waals surface area contributed by atoms with Crippen molar-refractivity contribution in [2.45, 2.75) is 12.1 Å². The van der Waals surface area contributed by atoms with Crippen molar-refractivity contribution in [3.8, 4) is 5.69 Å². The molecule has 160 valence electrons. The molecule has 0 aliphatic heterocycles. The molecule has 0 saturated carbocycles. The molecule has 0 saturated heterocycles. The molecular weight excluding hydrogens is 444 g/mol. The first-order valence-electron chi connectivity index (χ1n) is 9.80. The average molecular weight is 463 g/mol. The minimum absolute atomic E-state index is 0.0452. The Balaban J connectivity index is 1.56. The van der Waals surface area contributed by atoms with Crippen LogP contribution in [0.4, 0.5) is 0 Å². The van der Waals surface area contributed by atoms with Crippen LogP contribution in [0.25, 0.3) is 16.6 Å². The Labute approximate surface area is 194 Å². The molecule has 1 N–H and O–H groups in total. The van der Waals surface area contributed by atoms with Crippen molar-refractivity contribution in [1.29, 1.82) is 0 Å². The van der Waals surface area contributed by atoms with E-state index in [0.29, 0.717) is 26.8 Å². The zero-order valence-corrected chi connectivity index (χ0v) is 18.7. The predicted octanol–water partition coefficient (Wildman–Crippen LogP) is 4.59. The van der Waals surface area contributed by atoms with E-state index >= 15 is 0 Å². The van der Waals surface area contributed by atoms with E-state index in [0.717, 1.165) is 22.9 Å². The topological polar surface area (TPSA) is 76.3 Å². The summed E-state index contributed by atoms with van der Waals surface area (Å²) in [5, 5.41) is 5.47. The highest BCUT2D eigenvalue weighted by molar-refractivity contribution is 7.99. The quantitative estimate of drug-likeness (QED) is 0.197. The van der Waals surface area contributed by atoms with Crippen LogP contribution in [0.5, 0.6) is 0 Å². The molecule has 0 aliphatic carbocycles. The van der Waals surface area contributed by atoms with Gasteiger partial charge in [-0.2, -0.15) is 5.10 Å². The Morgan fingerprint density at radius 1 is 1.09 bits per heavy atom. The third-order valence-corrected chi connectivity index (χ3v) is 5.83. The average Bonchev–Trinajstić information content (AvgIpc) is 2.80. The number of amides is 1. The van der Waals surface area contributed by atoms with Crippen LogP contribution in [0, 0.1) is 6.92 Å². The summed E-state index contributed by atoms with van der Waals surface area (Å²) in [7, 11) is 0. The van der Waals surface area contributed by atoms with E-state index in [9.17, 15) is 9.59 Å². The number of aromatic nitrogens is 2. The van der Waals surface area contributed by atoms with Gasteiger partial charge in [-0.3, -0.25) is 14.2 Å². The Bertz CT molecular complexity index is 1350. The van der Waals surface area contributed by atoms with Gasteiger partial charge in [0, 0.05) is 5.02 Å². The maximum atomic E-state index is 13.2. The molecule has 6 nitrogen and oxygen atoms in total. The van der Waals surface area contributed by atoms with Crippen molar-refractivity contribution in [3.05, 3.63) is 99.3 Å². The first-order chi connectivity index (χ1) is 15.5. The highest BCUT2D eigenvalue weighted by Crippen LogP contribution is 2.22. The van der Waals surface area contributed by atoms with E-state index in [1.165, 1.54) is 4.57 Å². The minimum Gasteiger partial charge on any atom is -0.272 e. The van der Waals surface area contributed by atoms with Crippen LogP contribution in [-0.2, 0) is 4.79 Å². The number of fused-ring (bicyclic) bond motifs is 1. The number of para-hydroxylation sites is 1. The second-order valence-electron chi connectivity index (χ2n) is 7.02. The number of rotatable bonds is 6. The number of halogens is 1. The van der Waals surface area contributed by atoms with Gasteiger partial charge in [0.1, 0.15) is 0 Å². The van der Waals surface area contributed by atoms with Gasteiger partial charge in [-0.15, -0.1) is 0 Å². The summed E-state index contributed by atoms with van der Waals surface area (Å²) in [5.74, 6) is -0.257. The molecule has 4 rings (SSSR count). The summed E-state index contributed by atoms with van der Waals surface area (Å²) >= 11 is 7.17. The zero-order valence-electron chi connectivity index (χ0n) is 17.2.